The highest BCUT2D eigenvalue weighted by molar-refractivity contribution is 9.10. The Morgan fingerprint density at radius 1 is 0.926 bits per heavy atom. The molecule has 4 nitrogen and oxygen atoms in total. The maximum Gasteiger partial charge on any atom is 0.256 e. The number of aromatic nitrogens is 2. The molecule has 4 rings (SSSR count). The highest BCUT2D eigenvalue weighted by Crippen LogP contribution is 2.22. The zero-order valence-electron chi connectivity index (χ0n) is 14.6. The molecule has 0 fully saturated rings. The Bertz CT molecular complexity index is 1160. The van der Waals surface area contributed by atoms with Crippen molar-refractivity contribution in [2.45, 2.75) is 6.92 Å². The number of halogens is 1. The summed E-state index contributed by atoms with van der Waals surface area (Å²) in [5.41, 5.74) is 4.24. The molecule has 5 heteroatoms. The van der Waals surface area contributed by atoms with Gasteiger partial charge >= 0.3 is 0 Å². The first-order chi connectivity index (χ1) is 13.1. The summed E-state index contributed by atoms with van der Waals surface area (Å²) in [4.78, 5) is 21.6. The highest BCUT2D eigenvalue weighted by atomic mass is 79.9. The van der Waals surface area contributed by atoms with E-state index in [4.69, 9.17) is 0 Å². The number of fused-ring (bicyclic) bond motifs is 1. The van der Waals surface area contributed by atoms with Crippen molar-refractivity contribution in [2.24, 2.45) is 0 Å². The third kappa shape index (κ3) is 3.88. The van der Waals surface area contributed by atoms with Crippen LogP contribution >= 0.6 is 15.9 Å². The van der Waals surface area contributed by atoms with Crippen molar-refractivity contribution in [3.63, 3.8) is 0 Å². The number of amides is 1. The lowest BCUT2D eigenvalue weighted by Gasteiger charge is -2.07. The van der Waals surface area contributed by atoms with Gasteiger partial charge in [0.15, 0.2) is 5.65 Å². The van der Waals surface area contributed by atoms with Crippen molar-refractivity contribution in [1.82, 2.24) is 9.97 Å². The predicted octanol–water partition coefficient (Wildman–Crippen LogP) is 5.62. The van der Waals surface area contributed by atoms with Gasteiger partial charge in [-0.25, -0.2) is 9.97 Å². The number of benzene rings is 2. The Morgan fingerprint density at radius 2 is 1.74 bits per heavy atom. The molecule has 0 aliphatic rings. The summed E-state index contributed by atoms with van der Waals surface area (Å²) < 4.78 is 0.853. The van der Waals surface area contributed by atoms with Crippen molar-refractivity contribution in [3.8, 4) is 11.3 Å². The van der Waals surface area contributed by atoms with Crippen molar-refractivity contribution < 1.29 is 4.79 Å². The van der Waals surface area contributed by atoms with Gasteiger partial charge in [-0.3, -0.25) is 4.79 Å². The highest BCUT2D eigenvalue weighted by Gasteiger charge is 2.09. The summed E-state index contributed by atoms with van der Waals surface area (Å²) in [6.45, 7) is 2.05. The van der Waals surface area contributed by atoms with E-state index in [2.05, 4.69) is 50.3 Å². The van der Waals surface area contributed by atoms with Gasteiger partial charge < -0.3 is 5.32 Å². The molecule has 0 atom stereocenters. The minimum Gasteiger partial charge on any atom is -0.306 e. The monoisotopic (exact) mass is 417 g/mol. The van der Waals surface area contributed by atoms with Gasteiger partial charge in [0.2, 0.25) is 0 Å². The number of nitrogens with one attached hydrogen (secondary N) is 1. The molecule has 0 saturated heterocycles. The number of nitrogens with zero attached hydrogens (tertiary/aromatic N) is 2. The number of rotatable bonds is 3. The van der Waals surface area contributed by atoms with Crippen molar-refractivity contribution in [3.05, 3.63) is 88.4 Å². The Hall–Kier alpha value is -3.05. The van der Waals surface area contributed by atoms with Gasteiger partial charge in [-0.15, -0.1) is 0 Å². The molecule has 0 unspecified atom stereocenters. The fourth-order valence-corrected chi connectivity index (χ4v) is 3.25. The van der Waals surface area contributed by atoms with E-state index < -0.39 is 0 Å². The maximum atomic E-state index is 12.4. The molecule has 1 amide bonds. The van der Waals surface area contributed by atoms with Crippen LogP contribution in [0, 0.1) is 6.92 Å². The minimum absolute atomic E-state index is 0.210. The van der Waals surface area contributed by atoms with Crippen LogP contribution in [-0.2, 0) is 0 Å². The molecule has 2 aromatic carbocycles. The Morgan fingerprint density at radius 3 is 2.56 bits per heavy atom. The maximum absolute atomic E-state index is 12.4. The van der Waals surface area contributed by atoms with Crippen LogP contribution in [0.4, 0.5) is 5.82 Å². The summed E-state index contributed by atoms with van der Waals surface area (Å²) in [5, 5.41) is 3.76. The second kappa shape index (κ2) is 7.29. The number of pyridine rings is 2. The summed E-state index contributed by atoms with van der Waals surface area (Å²) in [7, 11) is 0. The zero-order chi connectivity index (χ0) is 18.8. The summed E-state index contributed by atoms with van der Waals surface area (Å²) >= 11 is 3.38. The van der Waals surface area contributed by atoms with E-state index in [0.29, 0.717) is 17.0 Å². The molecular weight excluding hydrogens is 402 g/mol. The fraction of sp³-hybridized carbons (Fsp3) is 0.0455. The van der Waals surface area contributed by atoms with Crippen LogP contribution in [0.3, 0.4) is 0 Å². The topological polar surface area (TPSA) is 54.9 Å². The zero-order valence-corrected chi connectivity index (χ0v) is 16.2. The van der Waals surface area contributed by atoms with Crippen LogP contribution in [0.5, 0.6) is 0 Å². The first-order valence-electron chi connectivity index (χ1n) is 8.50. The molecule has 0 bridgehead atoms. The van der Waals surface area contributed by atoms with Crippen LogP contribution in [0.2, 0.25) is 0 Å². The number of hydrogen-bond donors (Lipinski definition) is 1. The standard InChI is InChI=1S/C22H16BrN3O/c1-14-4-2-5-16(12-14)19-10-8-15-9-11-20(25-21(15)24-19)26-22(27)17-6-3-7-18(23)13-17/h2-13H,1H3,(H,24,25,26,27). The van der Waals surface area contributed by atoms with E-state index in [1.807, 2.05) is 42.5 Å². The summed E-state index contributed by atoms with van der Waals surface area (Å²) in [5.74, 6) is 0.263. The first-order valence-corrected chi connectivity index (χ1v) is 9.29. The van der Waals surface area contributed by atoms with E-state index in [-0.39, 0.29) is 5.91 Å². The third-order valence-corrected chi connectivity index (χ3v) is 4.69. The lowest BCUT2D eigenvalue weighted by molar-refractivity contribution is 0.102. The van der Waals surface area contributed by atoms with Gasteiger partial charge in [-0.05, 0) is 55.5 Å². The molecule has 132 valence electrons. The molecule has 0 spiro atoms. The van der Waals surface area contributed by atoms with E-state index in [9.17, 15) is 4.79 Å². The Labute approximate surface area is 165 Å². The number of anilines is 1. The number of carbonyl (C=O) groups is 1. The summed E-state index contributed by atoms with van der Waals surface area (Å²) in [6.07, 6.45) is 0. The summed E-state index contributed by atoms with van der Waals surface area (Å²) in [6, 6.07) is 23.1. The largest absolute Gasteiger partial charge is 0.306 e. The molecule has 0 aliphatic heterocycles. The van der Waals surface area contributed by atoms with Gasteiger partial charge in [0.1, 0.15) is 5.82 Å². The van der Waals surface area contributed by atoms with Crippen LogP contribution < -0.4 is 5.32 Å². The Kier molecular flexibility index (Phi) is 4.69. The van der Waals surface area contributed by atoms with Crippen LogP contribution in [0.25, 0.3) is 22.3 Å². The van der Waals surface area contributed by atoms with Gasteiger partial charge in [0.25, 0.3) is 5.91 Å². The Balaban J connectivity index is 1.66. The lowest BCUT2D eigenvalue weighted by Crippen LogP contribution is -2.13. The number of aryl methyl sites for hydroxylation is 1. The first kappa shape index (κ1) is 17.4. The molecule has 2 aromatic heterocycles. The molecule has 4 aromatic rings. The van der Waals surface area contributed by atoms with Gasteiger partial charge in [-0.2, -0.15) is 0 Å². The smallest absolute Gasteiger partial charge is 0.256 e. The fourth-order valence-electron chi connectivity index (χ4n) is 2.85. The lowest BCUT2D eigenvalue weighted by atomic mass is 10.1. The molecule has 0 saturated carbocycles. The van der Waals surface area contributed by atoms with Crippen LogP contribution in [-0.4, -0.2) is 15.9 Å². The SMILES string of the molecule is Cc1cccc(-c2ccc3ccc(NC(=O)c4cccc(Br)c4)nc3n2)c1. The molecule has 2 heterocycles. The van der Waals surface area contributed by atoms with Crippen LogP contribution in [0.1, 0.15) is 15.9 Å². The van der Waals surface area contributed by atoms with Crippen molar-refractivity contribution >= 4 is 38.7 Å². The van der Waals surface area contributed by atoms with Crippen LogP contribution in [0.15, 0.2) is 77.3 Å². The van der Waals surface area contributed by atoms with E-state index in [0.717, 1.165) is 21.1 Å². The van der Waals surface area contributed by atoms with Gasteiger partial charge in [0.05, 0.1) is 5.69 Å². The second-order valence-electron chi connectivity index (χ2n) is 6.27. The molecular formula is C22H16BrN3O. The van der Waals surface area contributed by atoms with Gasteiger partial charge in [0, 0.05) is 21.0 Å². The average Bonchev–Trinajstić information content (AvgIpc) is 2.67. The van der Waals surface area contributed by atoms with E-state index in [1.165, 1.54) is 5.56 Å². The molecule has 27 heavy (non-hydrogen) atoms. The molecule has 1 N–H and O–H groups in total. The quantitative estimate of drug-likeness (QED) is 0.470. The van der Waals surface area contributed by atoms with E-state index in [1.54, 1.807) is 18.2 Å². The van der Waals surface area contributed by atoms with Crippen molar-refractivity contribution in [1.29, 1.82) is 0 Å². The second-order valence-corrected chi connectivity index (χ2v) is 7.19. The van der Waals surface area contributed by atoms with Crippen molar-refractivity contribution in [2.75, 3.05) is 5.32 Å². The average molecular weight is 418 g/mol. The third-order valence-electron chi connectivity index (χ3n) is 4.19. The minimum atomic E-state index is -0.210. The van der Waals surface area contributed by atoms with Gasteiger partial charge in [-0.1, -0.05) is 45.8 Å². The number of carbonyl (C=O) groups excluding carboxylic acids is 1. The molecule has 0 radical (unpaired) electrons. The van der Waals surface area contributed by atoms with E-state index >= 15 is 0 Å². The number of hydrogen-bond acceptors (Lipinski definition) is 3. The predicted molar refractivity (Wildman–Crippen MR) is 112 cm³/mol. The normalized spacial score (nSPS) is 10.7. The molecule has 0 aliphatic carbocycles.